The Morgan fingerprint density at radius 3 is 2.81 bits per heavy atom. The van der Waals surface area contributed by atoms with Crippen molar-refractivity contribution >= 4 is 29.0 Å². The van der Waals surface area contributed by atoms with Crippen LogP contribution in [-0.2, 0) is 6.54 Å². The minimum absolute atomic E-state index is 0.203. The third-order valence-corrected chi connectivity index (χ3v) is 4.59. The van der Waals surface area contributed by atoms with Crippen LogP contribution in [-0.4, -0.2) is 33.2 Å². The Hall–Kier alpha value is -4.14. The monoisotopic (exact) mass is 421 g/mol. The summed E-state index contributed by atoms with van der Waals surface area (Å²) >= 11 is 0. The molecular weight excluding hydrogens is 404 g/mol. The van der Waals surface area contributed by atoms with Crippen molar-refractivity contribution in [3.8, 4) is 5.75 Å². The van der Waals surface area contributed by atoms with E-state index < -0.39 is 11.6 Å². The number of H-pyrrole nitrogens is 1. The molecule has 2 aromatic carbocycles. The Kier molecular flexibility index (Phi) is 5.65. The van der Waals surface area contributed by atoms with Crippen molar-refractivity contribution in [2.75, 3.05) is 7.11 Å². The van der Waals surface area contributed by atoms with Crippen molar-refractivity contribution in [1.29, 1.82) is 0 Å². The maximum Gasteiger partial charge on any atom is 0.255 e. The Labute approximate surface area is 175 Å². The maximum absolute atomic E-state index is 13.9. The predicted molar refractivity (Wildman–Crippen MR) is 111 cm³/mol. The van der Waals surface area contributed by atoms with Crippen LogP contribution in [0.2, 0.25) is 0 Å². The van der Waals surface area contributed by atoms with E-state index in [0.717, 1.165) is 6.07 Å². The van der Waals surface area contributed by atoms with E-state index in [1.54, 1.807) is 36.8 Å². The normalized spacial score (nSPS) is 11.2. The Morgan fingerprint density at radius 2 is 2.06 bits per heavy atom. The van der Waals surface area contributed by atoms with Gasteiger partial charge in [-0.15, -0.1) is 0 Å². The molecule has 0 aliphatic heterocycles. The van der Waals surface area contributed by atoms with Gasteiger partial charge >= 0.3 is 0 Å². The first-order valence-electron chi connectivity index (χ1n) is 9.28. The quantitative estimate of drug-likeness (QED) is 0.495. The molecular formula is C22H17F2N5O2. The van der Waals surface area contributed by atoms with E-state index in [9.17, 15) is 13.6 Å². The summed E-state index contributed by atoms with van der Waals surface area (Å²) < 4.78 is 32.6. The smallest absolute Gasteiger partial charge is 0.255 e. The van der Waals surface area contributed by atoms with Crippen molar-refractivity contribution in [3.63, 3.8) is 0 Å². The van der Waals surface area contributed by atoms with Crippen LogP contribution < -0.4 is 10.1 Å². The lowest BCUT2D eigenvalue weighted by Gasteiger charge is -2.10. The van der Waals surface area contributed by atoms with Gasteiger partial charge in [-0.2, -0.15) is 5.10 Å². The molecule has 0 atom stereocenters. The summed E-state index contributed by atoms with van der Waals surface area (Å²) in [4.78, 5) is 20.8. The van der Waals surface area contributed by atoms with Gasteiger partial charge in [0.1, 0.15) is 17.4 Å². The number of rotatable bonds is 6. The van der Waals surface area contributed by atoms with Gasteiger partial charge < -0.3 is 10.1 Å². The summed E-state index contributed by atoms with van der Waals surface area (Å²) in [6.45, 7) is 0.204. The van der Waals surface area contributed by atoms with Crippen molar-refractivity contribution in [2.24, 2.45) is 0 Å². The van der Waals surface area contributed by atoms with E-state index in [-0.39, 0.29) is 18.0 Å². The Morgan fingerprint density at radius 1 is 1.19 bits per heavy atom. The molecule has 2 heterocycles. The SMILES string of the molecule is COc1c(C(=O)NCc2cnccn2)ccc2[nH]nc(C=Cc3ccc(F)cc3F)c12. The first-order chi connectivity index (χ1) is 15.1. The molecule has 4 aromatic rings. The zero-order valence-electron chi connectivity index (χ0n) is 16.4. The molecule has 0 aliphatic carbocycles. The van der Waals surface area contributed by atoms with Crippen LogP contribution in [0.5, 0.6) is 5.75 Å². The van der Waals surface area contributed by atoms with Crippen LogP contribution in [0.25, 0.3) is 23.1 Å². The molecule has 31 heavy (non-hydrogen) atoms. The summed E-state index contributed by atoms with van der Waals surface area (Å²) in [5.41, 5.74) is 2.21. The van der Waals surface area contributed by atoms with Gasteiger partial charge in [0.15, 0.2) is 0 Å². The molecule has 0 spiro atoms. The average Bonchev–Trinajstić information content (AvgIpc) is 3.20. The van der Waals surface area contributed by atoms with E-state index in [1.165, 1.54) is 25.3 Å². The van der Waals surface area contributed by atoms with Crippen LogP contribution in [0, 0.1) is 11.6 Å². The number of methoxy groups -OCH3 is 1. The Bertz CT molecular complexity index is 1270. The fourth-order valence-corrected chi connectivity index (χ4v) is 3.11. The van der Waals surface area contributed by atoms with E-state index in [0.29, 0.717) is 33.6 Å². The number of nitrogens with zero attached hydrogens (tertiary/aromatic N) is 3. The molecule has 0 bridgehead atoms. The lowest BCUT2D eigenvalue weighted by Crippen LogP contribution is -2.24. The number of benzene rings is 2. The minimum Gasteiger partial charge on any atom is -0.495 e. The van der Waals surface area contributed by atoms with Crippen molar-refractivity contribution in [2.45, 2.75) is 6.54 Å². The number of aromatic nitrogens is 4. The van der Waals surface area contributed by atoms with Crippen molar-refractivity contribution < 1.29 is 18.3 Å². The highest BCUT2D eigenvalue weighted by atomic mass is 19.1. The van der Waals surface area contributed by atoms with Crippen LogP contribution in [0.15, 0.2) is 48.9 Å². The van der Waals surface area contributed by atoms with Gasteiger partial charge in [0.05, 0.1) is 47.7 Å². The highest BCUT2D eigenvalue weighted by molar-refractivity contribution is 6.05. The summed E-state index contributed by atoms with van der Waals surface area (Å²) in [5, 5.41) is 10.4. The number of amides is 1. The molecule has 0 aliphatic rings. The van der Waals surface area contributed by atoms with E-state index in [1.807, 2.05) is 0 Å². The second kappa shape index (κ2) is 8.70. The third kappa shape index (κ3) is 4.25. The first-order valence-corrected chi connectivity index (χ1v) is 9.28. The molecule has 7 nitrogen and oxygen atoms in total. The van der Waals surface area contributed by atoms with Gasteiger partial charge in [-0.3, -0.25) is 19.9 Å². The zero-order valence-corrected chi connectivity index (χ0v) is 16.4. The van der Waals surface area contributed by atoms with Crippen molar-refractivity contribution in [1.82, 2.24) is 25.5 Å². The van der Waals surface area contributed by atoms with Crippen LogP contribution >= 0.6 is 0 Å². The van der Waals surface area contributed by atoms with Gasteiger partial charge in [-0.25, -0.2) is 8.78 Å². The largest absolute Gasteiger partial charge is 0.495 e. The molecule has 0 saturated carbocycles. The molecule has 9 heteroatoms. The molecule has 0 saturated heterocycles. The Balaban J connectivity index is 1.66. The maximum atomic E-state index is 13.9. The molecule has 0 unspecified atom stereocenters. The average molecular weight is 421 g/mol. The van der Waals surface area contributed by atoms with E-state index in [4.69, 9.17) is 4.74 Å². The second-order valence-corrected chi connectivity index (χ2v) is 6.56. The highest BCUT2D eigenvalue weighted by Gasteiger charge is 2.19. The summed E-state index contributed by atoms with van der Waals surface area (Å²) in [7, 11) is 1.45. The number of carbonyl (C=O) groups excluding carboxylic acids is 1. The number of aromatic amines is 1. The van der Waals surface area contributed by atoms with E-state index >= 15 is 0 Å². The number of hydrogen-bond acceptors (Lipinski definition) is 5. The fourth-order valence-electron chi connectivity index (χ4n) is 3.11. The van der Waals surface area contributed by atoms with Gasteiger partial charge in [0.25, 0.3) is 5.91 Å². The number of hydrogen-bond donors (Lipinski definition) is 2. The second-order valence-electron chi connectivity index (χ2n) is 6.56. The van der Waals surface area contributed by atoms with E-state index in [2.05, 4.69) is 25.5 Å². The minimum atomic E-state index is -0.688. The summed E-state index contributed by atoms with van der Waals surface area (Å²) in [6.07, 6.45) is 7.70. The van der Waals surface area contributed by atoms with Gasteiger partial charge in [0.2, 0.25) is 0 Å². The van der Waals surface area contributed by atoms with Crippen molar-refractivity contribution in [3.05, 3.63) is 83.1 Å². The molecule has 4 rings (SSSR count). The van der Waals surface area contributed by atoms with Crippen LogP contribution in [0.3, 0.4) is 0 Å². The fraction of sp³-hybridized carbons (Fsp3) is 0.0909. The third-order valence-electron chi connectivity index (χ3n) is 4.59. The lowest BCUT2D eigenvalue weighted by atomic mass is 10.1. The first kappa shape index (κ1) is 20.1. The number of nitrogens with one attached hydrogen (secondary N) is 2. The number of fused-ring (bicyclic) bond motifs is 1. The van der Waals surface area contributed by atoms with Gasteiger partial charge in [0, 0.05) is 24.0 Å². The standard InChI is InChI=1S/C22H17F2N5O2/c1-31-21-16(22(30)27-12-15-11-25-8-9-26-15)5-7-19-20(21)18(28-29-19)6-3-13-2-4-14(23)10-17(13)24/h2-11H,12H2,1H3,(H,27,30)(H,28,29). The zero-order chi connectivity index (χ0) is 21.8. The topological polar surface area (TPSA) is 92.8 Å². The molecule has 2 N–H and O–H groups in total. The highest BCUT2D eigenvalue weighted by Crippen LogP contribution is 2.32. The molecule has 2 aromatic heterocycles. The summed E-state index contributed by atoms with van der Waals surface area (Å²) in [5.74, 6) is -1.38. The van der Waals surface area contributed by atoms with Crippen LogP contribution in [0.4, 0.5) is 8.78 Å². The number of ether oxygens (including phenoxy) is 1. The van der Waals surface area contributed by atoms with Crippen LogP contribution in [0.1, 0.15) is 27.3 Å². The predicted octanol–water partition coefficient (Wildman–Crippen LogP) is 3.74. The number of carbonyl (C=O) groups is 1. The van der Waals surface area contributed by atoms with Gasteiger partial charge in [-0.05, 0) is 36.4 Å². The molecule has 0 fully saturated rings. The molecule has 0 radical (unpaired) electrons. The molecule has 1 amide bonds. The lowest BCUT2D eigenvalue weighted by molar-refractivity contribution is 0.0947. The summed E-state index contributed by atoms with van der Waals surface area (Å²) in [6, 6.07) is 6.64. The molecule has 156 valence electrons. The van der Waals surface area contributed by atoms with Gasteiger partial charge in [-0.1, -0.05) is 0 Å². The number of halogens is 2.